The topological polar surface area (TPSA) is 112 Å². The highest BCUT2D eigenvalue weighted by molar-refractivity contribution is 5.87. The third-order valence-electron chi connectivity index (χ3n) is 7.19. The highest BCUT2D eigenvalue weighted by Crippen LogP contribution is 2.26. The summed E-state index contributed by atoms with van der Waals surface area (Å²) in [6.07, 6.45) is 5.33. The van der Waals surface area contributed by atoms with E-state index in [9.17, 15) is 29.7 Å². The summed E-state index contributed by atoms with van der Waals surface area (Å²) >= 11 is 0. The van der Waals surface area contributed by atoms with Crippen molar-refractivity contribution >= 4 is 17.3 Å². The molecule has 3 rings (SSSR count). The van der Waals surface area contributed by atoms with E-state index in [1.54, 1.807) is 31.2 Å². The zero-order chi connectivity index (χ0) is 34.3. The van der Waals surface area contributed by atoms with Gasteiger partial charge in [-0.25, -0.2) is 0 Å². The van der Waals surface area contributed by atoms with E-state index in [-0.39, 0.29) is 36.3 Å². The number of Topliss-reactive ketones (excluding diaryl/α,β-unsaturated/α-hetero) is 2. The monoisotopic (exact) mass is 632 g/mol. The number of hydrogen-bond acceptors (Lipinski definition) is 6. The van der Waals surface area contributed by atoms with Crippen LogP contribution < -0.4 is 0 Å². The molecule has 0 spiro atoms. The van der Waals surface area contributed by atoms with Crippen LogP contribution in [-0.4, -0.2) is 32.7 Å². The summed E-state index contributed by atoms with van der Waals surface area (Å²) in [7, 11) is 0. The van der Waals surface area contributed by atoms with Crippen LogP contribution in [0.4, 0.5) is 0 Å². The minimum Gasteiger partial charge on any atom is -0.508 e. The molecule has 3 aromatic carbocycles. The molecule has 0 unspecified atom stereocenters. The van der Waals surface area contributed by atoms with Gasteiger partial charge in [-0.2, -0.15) is 0 Å². The largest absolute Gasteiger partial charge is 0.508 e. The van der Waals surface area contributed by atoms with E-state index in [2.05, 4.69) is 41.5 Å². The van der Waals surface area contributed by atoms with Gasteiger partial charge in [0.05, 0.1) is 0 Å². The van der Waals surface area contributed by atoms with Crippen molar-refractivity contribution in [2.45, 2.75) is 113 Å². The SMILES string of the molecule is C.CC(=O)/C=C/Cc1cc(C(C)C)ccc1O.CC(=O)CCc1cc(C(C)C)ccc1O.CC(=O)Cc1cc(C(C)C)ccc1O. The third-order valence-corrected chi connectivity index (χ3v) is 7.19. The predicted octanol–water partition coefficient (Wildman–Crippen LogP) is 9.52. The molecule has 0 aromatic heterocycles. The fourth-order valence-corrected chi connectivity index (χ4v) is 4.33. The lowest BCUT2D eigenvalue weighted by molar-refractivity contribution is -0.117. The first-order valence-electron chi connectivity index (χ1n) is 15.6. The van der Waals surface area contributed by atoms with Crippen LogP contribution in [0.3, 0.4) is 0 Å². The highest BCUT2D eigenvalue weighted by Gasteiger charge is 2.08. The van der Waals surface area contributed by atoms with E-state index >= 15 is 0 Å². The van der Waals surface area contributed by atoms with Gasteiger partial charge >= 0.3 is 0 Å². The summed E-state index contributed by atoms with van der Waals surface area (Å²) in [6, 6.07) is 16.7. The number of rotatable bonds is 11. The maximum Gasteiger partial charge on any atom is 0.152 e. The Morgan fingerprint density at radius 1 is 0.609 bits per heavy atom. The molecule has 0 atom stereocenters. The second kappa shape index (κ2) is 20.8. The van der Waals surface area contributed by atoms with E-state index in [0.717, 1.165) is 22.3 Å². The Morgan fingerprint density at radius 2 is 1.00 bits per heavy atom. The van der Waals surface area contributed by atoms with Crippen molar-refractivity contribution in [2.75, 3.05) is 0 Å². The van der Waals surface area contributed by atoms with Gasteiger partial charge in [-0.1, -0.05) is 91.4 Å². The summed E-state index contributed by atoms with van der Waals surface area (Å²) in [5.41, 5.74) is 6.01. The quantitative estimate of drug-likeness (QED) is 0.182. The molecule has 0 aliphatic carbocycles. The first-order chi connectivity index (χ1) is 21.0. The number of aromatic hydroxyl groups is 3. The molecule has 0 radical (unpaired) electrons. The highest BCUT2D eigenvalue weighted by atomic mass is 16.3. The van der Waals surface area contributed by atoms with E-state index < -0.39 is 0 Å². The van der Waals surface area contributed by atoms with Crippen molar-refractivity contribution in [1.29, 1.82) is 0 Å². The number of phenols is 3. The third kappa shape index (κ3) is 15.7. The average Bonchev–Trinajstić information content (AvgIpc) is 2.94. The Kier molecular flexibility index (Phi) is 18.9. The van der Waals surface area contributed by atoms with Crippen LogP contribution in [-0.2, 0) is 33.6 Å². The van der Waals surface area contributed by atoms with Crippen LogP contribution >= 0.6 is 0 Å². The van der Waals surface area contributed by atoms with E-state index in [4.69, 9.17) is 0 Å². The Labute approximate surface area is 277 Å². The standard InChI is InChI=1S/C14H18O2.C13H18O2.C12H16O2.CH4/c1-10(2)12-7-8-14(16)13(9-12)6-4-5-11(3)15;1-9(2)11-6-7-13(15)12(8-11)5-4-10(3)14;1-8(2)10-4-5-12(14)11(7-10)6-9(3)13;/h4-5,7-10,16H,6H2,1-3H3;6-9,15H,4-5H2,1-3H3;4-5,7-8,14H,6H2,1-3H3;1H4/b5-4+;;;. The molecule has 0 heterocycles. The fraction of sp³-hybridized carbons (Fsp3) is 0.425. The number of benzene rings is 3. The summed E-state index contributed by atoms with van der Waals surface area (Å²) < 4.78 is 0. The number of aryl methyl sites for hydroxylation is 1. The molecule has 46 heavy (non-hydrogen) atoms. The first-order valence-corrected chi connectivity index (χ1v) is 15.6. The number of carbonyl (C=O) groups is 3. The molecule has 252 valence electrons. The molecule has 0 fully saturated rings. The Bertz CT molecular complexity index is 1450. The van der Waals surface area contributed by atoms with Gasteiger partial charge in [0.15, 0.2) is 5.78 Å². The van der Waals surface area contributed by atoms with Crippen LogP contribution in [0.2, 0.25) is 0 Å². The molecule has 3 aromatic rings. The van der Waals surface area contributed by atoms with Gasteiger partial charge in [-0.3, -0.25) is 9.59 Å². The van der Waals surface area contributed by atoms with Gasteiger partial charge in [0, 0.05) is 18.4 Å². The van der Waals surface area contributed by atoms with Crippen molar-refractivity contribution in [1.82, 2.24) is 0 Å². The van der Waals surface area contributed by atoms with E-state index in [1.807, 2.05) is 36.4 Å². The van der Waals surface area contributed by atoms with Crippen LogP contribution in [0.25, 0.3) is 0 Å². The minimum absolute atomic E-state index is 0. The molecule has 0 aliphatic rings. The predicted molar refractivity (Wildman–Crippen MR) is 190 cm³/mol. The van der Waals surface area contributed by atoms with E-state index in [1.165, 1.54) is 31.1 Å². The maximum atomic E-state index is 10.9. The molecule has 3 N–H and O–H groups in total. The lowest BCUT2D eigenvalue weighted by atomic mass is 9.98. The van der Waals surface area contributed by atoms with Gasteiger partial charge in [0.2, 0.25) is 0 Å². The molecule has 0 saturated heterocycles. The van der Waals surface area contributed by atoms with Crippen LogP contribution in [0.5, 0.6) is 17.2 Å². The Hall–Kier alpha value is -4.19. The summed E-state index contributed by atoms with van der Waals surface area (Å²) in [5, 5.41) is 28.8. The summed E-state index contributed by atoms with van der Waals surface area (Å²) in [6.45, 7) is 17.2. The Balaban J connectivity index is 0.000000655. The molecule has 6 nitrogen and oxygen atoms in total. The fourth-order valence-electron chi connectivity index (χ4n) is 4.33. The van der Waals surface area contributed by atoms with Gasteiger partial charge in [0.25, 0.3) is 0 Å². The average molecular weight is 633 g/mol. The molecule has 6 heteroatoms. The van der Waals surface area contributed by atoms with Crippen LogP contribution in [0, 0.1) is 0 Å². The summed E-state index contributed by atoms with van der Waals surface area (Å²) in [4.78, 5) is 32.5. The number of phenolic OH excluding ortho intramolecular Hbond substituents is 3. The molecule has 0 aliphatic heterocycles. The van der Waals surface area contributed by atoms with Crippen molar-refractivity contribution < 1.29 is 29.7 Å². The molecule has 0 saturated carbocycles. The second-order valence-corrected chi connectivity index (χ2v) is 12.4. The van der Waals surface area contributed by atoms with Crippen LogP contribution in [0.1, 0.15) is 127 Å². The zero-order valence-corrected chi connectivity index (χ0v) is 28.5. The number of ketones is 3. The van der Waals surface area contributed by atoms with Crippen molar-refractivity contribution in [3.05, 3.63) is 100 Å². The molecule has 0 amide bonds. The molecule has 0 bridgehead atoms. The van der Waals surface area contributed by atoms with Crippen LogP contribution in [0.15, 0.2) is 66.7 Å². The normalized spacial score (nSPS) is 10.6. The minimum atomic E-state index is 0. The maximum absolute atomic E-state index is 10.9. The van der Waals surface area contributed by atoms with Gasteiger partial charge in [-0.05, 0) is 103 Å². The van der Waals surface area contributed by atoms with Crippen molar-refractivity contribution in [3.63, 3.8) is 0 Å². The second-order valence-electron chi connectivity index (χ2n) is 12.4. The van der Waals surface area contributed by atoms with Crippen molar-refractivity contribution in [3.8, 4) is 17.2 Å². The van der Waals surface area contributed by atoms with E-state index in [0.29, 0.717) is 49.2 Å². The number of allylic oxidation sites excluding steroid dienone is 2. The van der Waals surface area contributed by atoms with Gasteiger partial charge in [-0.15, -0.1) is 0 Å². The smallest absolute Gasteiger partial charge is 0.152 e. The number of carbonyl (C=O) groups excluding carboxylic acids is 3. The number of hydrogen-bond donors (Lipinski definition) is 3. The van der Waals surface area contributed by atoms with Crippen molar-refractivity contribution in [2.24, 2.45) is 0 Å². The van der Waals surface area contributed by atoms with Gasteiger partial charge in [0.1, 0.15) is 28.8 Å². The zero-order valence-electron chi connectivity index (χ0n) is 28.5. The lowest BCUT2D eigenvalue weighted by Crippen LogP contribution is -1.98. The molecular weight excluding hydrogens is 576 g/mol. The summed E-state index contributed by atoms with van der Waals surface area (Å²) in [5.74, 6) is 2.35. The molecular formula is C40H56O6. The Morgan fingerprint density at radius 3 is 1.39 bits per heavy atom. The first kappa shape index (κ1) is 41.8. The van der Waals surface area contributed by atoms with Gasteiger partial charge < -0.3 is 20.1 Å². The lowest BCUT2D eigenvalue weighted by Gasteiger charge is -2.09.